The van der Waals surface area contributed by atoms with Crippen LogP contribution in [0.3, 0.4) is 0 Å². The molecule has 0 fully saturated rings. The molecule has 0 aliphatic rings. The third-order valence-corrected chi connectivity index (χ3v) is 2.47. The number of aromatic nitrogens is 4. The Hall–Kier alpha value is -2.11. The number of hydrogen-bond acceptors (Lipinski definition) is 4. The van der Waals surface area contributed by atoms with Gasteiger partial charge in [0.25, 0.3) is 5.56 Å². The molecule has 0 saturated carbocycles. The molecule has 0 aliphatic heterocycles. The largest absolute Gasteiger partial charge is 0.363 e. The molecule has 0 radical (unpaired) electrons. The maximum Gasteiger partial charge on any atom is 0.252 e. The zero-order valence-corrected chi connectivity index (χ0v) is 9.90. The zero-order chi connectivity index (χ0) is 12.3. The number of aryl methyl sites for hydroxylation is 2. The van der Waals surface area contributed by atoms with Crippen LogP contribution in [0.5, 0.6) is 0 Å². The fraction of sp³-hybridized carbons (Fsp3) is 0.364. The summed E-state index contributed by atoms with van der Waals surface area (Å²) < 4.78 is 1.92. The SMILES string of the molecule is CCc1nc(NCc2nccn2C)cc(=O)[nH]1. The van der Waals surface area contributed by atoms with Gasteiger partial charge in [-0.25, -0.2) is 9.97 Å². The Labute approximate surface area is 98.7 Å². The molecule has 2 rings (SSSR count). The smallest absolute Gasteiger partial charge is 0.252 e. The number of rotatable bonds is 4. The van der Waals surface area contributed by atoms with E-state index in [-0.39, 0.29) is 5.56 Å². The minimum Gasteiger partial charge on any atom is -0.363 e. The van der Waals surface area contributed by atoms with Gasteiger partial charge in [0.2, 0.25) is 0 Å². The summed E-state index contributed by atoms with van der Waals surface area (Å²) in [4.78, 5) is 22.5. The predicted octanol–water partition coefficient (Wildman–Crippen LogP) is 0.678. The lowest BCUT2D eigenvalue weighted by molar-refractivity contribution is 0.807. The maximum absolute atomic E-state index is 11.3. The average Bonchev–Trinajstić information content (AvgIpc) is 2.71. The summed E-state index contributed by atoms with van der Waals surface area (Å²) in [5.74, 6) is 2.15. The molecular formula is C11H15N5O. The molecular weight excluding hydrogens is 218 g/mol. The molecule has 17 heavy (non-hydrogen) atoms. The number of H-pyrrole nitrogens is 1. The van der Waals surface area contributed by atoms with Crippen molar-refractivity contribution in [3.05, 3.63) is 40.5 Å². The molecule has 0 saturated heterocycles. The van der Waals surface area contributed by atoms with Crippen LogP contribution in [-0.2, 0) is 20.0 Å². The van der Waals surface area contributed by atoms with Gasteiger partial charge >= 0.3 is 0 Å². The fourth-order valence-electron chi connectivity index (χ4n) is 1.50. The van der Waals surface area contributed by atoms with Crippen LogP contribution in [-0.4, -0.2) is 19.5 Å². The molecule has 0 aliphatic carbocycles. The minimum atomic E-state index is -0.140. The van der Waals surface area contributed by atoms with Gasteiger partial charge in [-0.05, 0) is 0 Å². The van der Waals surface area contributed by atoms with Gasteiger partial charge in [0.05, 0.1) is 6.54 Å². The highest BCUT2D eigenvalue weighted by Gasteiger charge is 2.02. The van der Waals surface area contributed by atoms with Gasteiger partial charge in [-0.1, -0.05) is 6.92 Å². The highest BCUT2D eigenvalue weighted by Crippen LogP contribution is 2.02. The van der Waals surface area contributed by atoms with E-state index >= 15 is 0 Å². The summed E-state index contributed by atoms with van der Waals surface area (Å²) in [5, 5.41) is 3.09. The summed E-state index contributed by atoms with van der Waals surface area (Å²) in [6.07, 6.45) is 4.31. The Kier molecular flexibility index (Phi) is 3.22. The van der Waals surface area contributed by atoms with Crippen molar-refractivity contribution >= 4 is 5.82 Å². The first-order valence-electron chi connectivity index (χ1n) is 5.49. The van der Waals surface area contributed by atoms with Crippen molar-refractivity contribution in [3.63, 3.8) is 0 Å². The van der Waals surface area contributed by atoms with Crippen LogP contribution in [0.25, 0.3) is 0 Å². The van der Waals surface area contributed by atoms with Crippen molar-refractivity contribution in [1.82, 2.24) is 19.5 Å². The van der Waals surface area contributed by atoms with E-state index in [2.05, 4.69) is 20.3 Å². The molecule has 90 valence electrons. The van der Waals surface area contributed by atoms with Crippen molar-refractivity contribution in [1.29, 1.82) is 0 Å². The fourth-order valence-corrected chi connectivity index (χ4v) is 1.50. The van der Waals surface area contributed by atoms with E-state index in [4.69, 9.17) is 0 Å². The van der Waals surface area contributed by atoms with Crippen molar-refractivity contribution in [2.45, 2.75) is 19.9 Å². The average molecular weight is 233 g/mol. The number of aromatic amines is 1. The number of anilines is 1. The van der Waals surface area contributed by atoms with E-state index in [1.807, 2.05) is 24.7 Å². The molecule has 6 nitrogen and oxygen atoms in total. The predicted molar refractivity (Wildman–Crippen MR) is 64.8 cm³/mol. The van der Waals surface area contributed by atoms with Gasteiger partial charge in [-0.3, -0.25) is 4.79 Å². The van der Waals surface area contributed by atoms with Gasteiger partial charge in [0.15, 0.2) is 0 Å². The minimum absolute atomic E-state index is 0.140. The number of hydrogen-bond donors (Lipinski definition) is 2. The summed E-state index contributed by atoms with van der Waals surface area (Å²) in [7, 11) is 1.92. The molecule has 2 aromatic rings. The van der Waals surface area contributed by atoms with Crippen LogP contribution >= 0.6 is 0 Å². The van der Waals surface area contributed by atoms with E-state index in [9.17, 15) is 4.79 Å². The van der Waals surface area contributed by atoms with E-state index in [1.54, 1.807) is 6.20 Å². The van der Waals surface area contributed by atoms with Crippen molar-refractivity contribution in [3.8, 4) is 0 Å². The monoisotopic (exact) mass is 233 g/mol. The second kappa shape index (κ2) is 4.82. The summed E-state index contributed by atoms with van der Waals surface area (Å²) >= 11 is 0. The standard InChI is InChI=1S/C11H15N5O/c1-3-8-14-9(6-11(17)15-8)13-7-10-12-4-5-16(10)2/h4-6H,3,7H2,1-2H3,(H2,13,14,15,17). The van der Waals surface area contributed by atoms with E-state index < -0.39 is 0 Å². The van der Waals surface area contributed by atoms with Crippen molar-refractivity contribution in [2.24, 2.45) is 7.05 Å². The Morgan fingerprint density at radius 3 is 3.00 bits per heavy atom. The normalized spacial score (nSPS) is 10.5. The first-order chi connectivity index (χ1) is 8.19. The third-order valence-electron chi connectivity index (χ3n) is 2.47. The van der Waals surface area contributed by atoms with Crippen molar-refractivity contribution in [2.75, 3.05) is 5.32 Å². The maximum atomic E-state index is 11.3. The second-order valence-electron chi connectivity index (χ2n) is 3.74. The highest BCUT2D eigenvalue weighted by atomic mass is 16.1. The lowest BCUT2D eigenvalue weighted by Crippen LogP contribution is -2.14. The van der Waals surface area contributed by atoms with E-state index in [1.165, 1.54) is 6.07 Å². The molecule has 0 atom stereocenters. The Balaban J connectivity index is 2.11. The van der Waals surface area contributed by atoms with Gasteiger partial charge in [0, 0.05) is 31.9 Å². The highest BCUT2D eigenvalue weighted by molar-refractivity contribution is 5.33. The van der Waals surface area contributed by atoms with Gasteiger partial charge in [-0.2, -0.15) is 0 Å². The zero-order valence-electron chi connectivity index (χ0n) is 9.90. The molecule has 6 heteroatoms. The summed E-state index contributed by atoms with van der Waals surface area (Å²) in [6, 6.07) is 1.45. The lowest BCUT2D eigenvalue weighted by Gasteiger charge is -2.06. The Morgan fingerprint density at radius 1 is 1.53 bits per heavy atom. The summed E-state index contributed by atoms with van der Waals surface area (Å²) in [6.45, 7) is 2.49. The number of nitrogens with zero attached hydrogens (tertiary/aromatic N) is 3. The second-order valence-corrected chi connectivity index (χ2v) is 3.74. The van der Waals surface area contributed by atoms with Crippen LogP contribution < -0.4 is 10.9 Å². The van der Waals surface area contributed by atoms with Crippen LogP contribution in [0.1, 0.15) is 18.6 Å². The summed E-state index contributed by atoms with van der Waals surface area (Å²) in [5.41, 5.74) is -0.140. The van der Waals surface area contributed by atoms with Gasteiger partial charge in [-0.15, -0.1) is 0 Å². The molecule has 0 bridgehead atoms. The van der Waals surface area contributed by atoms with E-state index in [0.29, 0.717) is 24.6 Å². The third kappa shape index (κ3) is 2.72. The van der Waals surface area contributed by atoms with Crippen molar-refractivity contribution < 1.29 is 0 Å². The van der Waals surface area contributed by atoms with E-state index in [0.717, 1.165) is 5.82 Å². The van der Waals surface area contributed by atoms with Crippen LogP contribution in [0.15, 0.2) is 23.3 Å². The number of imidazole rings is 1. The molecule has 2 heterocycles. The molecule has 2 N–H and O–H groups in total. The van der Waals surface area contributed by atoms with Crippen LogP contribution in [0.4, 0.5) is 5.82 Å². The van der Waals surface area contributed by atoms with Gasteiger partial charge < -0.3 is 14.9 Å². The molecule has 2 aromatic heterocycles. The van der Waals surface area contributed by atoms with Gasteiger partial charge in [0.1, 0.15) is 17.5 Å². The first-order valence-corrected chi connectivity index (χ1v) is 5.49. The first kappa shape index (κ1) is 11.4. The molecule has 0 aromatic carbocycles. The topological polar surface area (TPSA) is 75.6 Å². The Morgan fingerprint density at radius 2 is 2.35 bits per heavy atom. The van der Waals surface area contributed by atoms with Crippen LogP contribution in [0.2, 0.25) is 0 Å². The molecule has 0 spiro atoms. The Bertz CT molecular complexity index is 557. The quantitative estimate of drug-likeness (QED) is 0.814. The lowest BCUT2D eigenvalue weighted by atomic mass is 10.4. The number of nitrogens with one attached hydrogen (secondary N) is 2. The van der Waals surface area contributed by atoms with Crippen LogP contribution in [0, 0.1) is 0 Å². The molecule has 0 unspecified atom stereocenters. The molecule has 0 amide bonds.